The molecule has 1 heterocycles. The summed E-state index contributed by atoms with van der Waals surface area (Å²) in [5, 5.41) is 7.44. The highest BCUT2D eigenvalue weighted by molar-refractivity contribution is 7.89. The van der Waals surface area contributed by atoms with Gasteiger partial charge in [0.2, 0.25) is 10.0 Å². The van der Waals surface area contributed by atoms with Crippen LogP contribution < -0.4 is 10.0 Å². The molecule has 96 valence electrons. The lowest BCUT2D eigenvalue weighted by atomic mass is 10.4. The molecule has 7 heteroatoms. The maximum atomic E-state index is 11.5. The van der Waals surface area contributed by atoms with E-state index in [4.69, 9.17) is 0 Å². The first-order valence-electron chi connectivity index (χ1n) is 5.81. The summed E-state index contributed by atoms with van der Waals surface area (Å²) >= 11 is 0. The Morgan fingerprint density at radius 3 is 2.94 bits per heavy atom. The summed E-state index contributed by atoms with van der Waals surface area (Å²) in [4.78, 5) is 0.218. The van der Waals surface area contributed by atoms with Gasteiger partial charge in [-0.05, 0) is 32.9 Å². The van der Waals surface area contributed by atoms with Crippen LogP contribution in [-0.2, 0) is 16.6 Å². The lowest BCUT2D eigenvalue weighted by Gasteiger charge is -2.02. The first-order valence-corrected chi connectivity index (χ1v) is 7.29. The summed E-state index contributed by atoms with van der Waals surface area (Å²) in [5.41, 5.74) is 0. The van der Waals surface area contributed by atoms with E-state index in [1.54, 1.807) is 10.9 Å². The molecule has 1 saturated carbocycles. The third-order valence-corrected chi connectivity index (χ3v) is 4.13. The monoisotopic (exact) mass is 258 g/mol. The highest BCUT2D eigenvalue weighted by Crippen LogP contribution is 2.18. The Labute approximate surface area is 101 Å². The smallest absolute Gasteiger partial charge is 0.243 e. The van der Waals surface area contributed by atoms with Crippen molar-refractivity contribution < 1.29 is 8.42 Å². The summed E-state index contributed by atoms with van der Waals surface area (Å²) in [5.74, 6) is 0. The molecule has 1 aliphatic carbocycles. The molecule has 0 unspecified atom stereocenters. The fourth-order valence-corrected chi connectivity index (χ4v) is 2.24. The van der Waals surface area contributed by atoms with E-state index in [2.05, 4.69) is 15.1 Å². The maximum Gasteiger partial charge on any atom is 0.243 e. The van der Waals surface area contributed by atoms with Crippen molar-refractivity contribution in [2.24, 2.45) is 0 Å². The van der Waals surface area contributed by atoms with Gasteiger partial charge in [0, 0.05) is 18.8 Å². The quantitative estimate of drug-likeness (QED) is 0.671. The standard InChI is InChI=1S/C10H18N4O2S/c1-11-17(15,16)10-7-13-14(8-10)6-2-5-12-9-3-4-9/h7-9,11-12H,2-6H2,1H3. The molecule has 0 atom stereocenters. The second-order valence-electron chi connectivity index (χ2n) is 4.23. The van der Waals surface area contributed by atoms with Crippen molar-refractivity contribution in [1.29, 1.82) is 0 Å². The maximum absolute atomic E-state index is 11.5. The van der Waals surface area contributed by atoms with Gasteiger partial charge in [-0.15, -0.1) is 0 Å². The van der Waals surface area contributed by atoms with Crippen LogP contribution in [0, 0.1) is 0 Å². The first-order chi connectivity index (χ1) is 8.12. The minimum absolute atomic E-state index is 0.218. The molecule has 17 heavy (non-hydrogen) atoms. The van der Waals surface area contributed by atoms with Crippen molar-refractivity contribution in [3.8, 4) is 0 Å². The van der Waals surface area contributed by atoms with E-state index in [9.17, 15) is 8.42 Å². The Bertz CT molecular complexity index is 464. The normalized spacial score (nSPS) is 16.3. The molecule has 0 aromatic carbocycles. The Morgan fingerprint density at radius 1 is 1.53 bits per heavy atom. The molecular weight excluding hydrogens is 240 g/mol. The van der Waals surface area contributed by atoms with E-state index in [-0.39, 0.29) is 4.90 Å². The second-order valence-corrected chi connectivity index (χ2v) is 6.12. The van der Waals surface area contributed by atoms with Gasteiger partial charge < -0.3 is 5.32 Å². The number of aryl methyl sites for hydroxylation is 1. The number of hydrogen-bond donors (Lipinski definition) is 2. The molecule has 0 bridgehead atoms. The van der Waals surface area contributed by atoms with Crippen molar-refractivity contribution in [1.82, 2.24) is 19.8 Å². The fourth-order valence-electron chi connectivity index (χ4n) is 1.56. The zero-order valence-electron chi connectivity index (χ0n) is 9.89. The molecule has 0 radical (unpaired) electrons. The van der Waals surface area contributed by atoms with Crippen molar-refractivity contribution in [3.05, 3.63) is 12.4 Å². The predicted octanol–water partition coefficient (Wildman–Crippen LogP) is -0.0667. The molecule has 1 aromatic heterocycles. The van der Waals surface area contributed by atoms with Crippen molar-refractivity contribution in [3.63, 3.8) is 0 Å². The number of hydrogen-bond acceptors (Lipinski definition) is 4. The molecule has 1 fully saturated rings. The van der Waals surface area contributed by atoms with E-state index >= 15 is 0 Å². The van der Waals surface area contributed by atoms with Gasteiger partial charge >= 0.3 is 0 Å². The molecular formula is C10H18N4O2S. The van der Waals surface area contributed by atoms with Crippen LogP contribution in [0.2, 0.25) is 0 Å². The Hall–Kier alpha value is -0.920. The van der Waals surface area contributed by atoms with Crippen LogP contribution in [0.3, 0.4) is 0 Å². The zero-order chi connectivity index (χ0) is 12.3. The zero-order valence-corrected chi connectivity index (χ0v) is 10.7. The third kappa shape index (κ3) is 3.52. The molecule has 6 nitrogen and oxygen atoms in total. The van der Waals surface area contributed by atoms with Crippen molar-refractivity contribution in [2.75, 3.05) is 13.6 Å². The average Bonchev–Trinajstić information content (AvgIpc) is 3.01. The van der Waals surface area contributed by atoms with Gasteiger partial charge in [0.15, 0.2) is 0 Å². The predicted molar refractivity (Wildman–Crippen MR) is 64.1 cm³/mol. The van der Waals surface area contributed by atoms with Crippen LogP contribution >= 0.6 is 0 Å². The van der Waals surface area contributed by atoms with Crippen molar-refractivity contribution in [2.45, 2.75) is 36.7 Å². The topological polar surface area (TPSA) is 76.0 Å². The third-order valence-electron chi connectivity index (χ3n) is 2.76. The molecule has 1 aromatic rings. The van der Waals surface area contributed by atoms with Crippen molar-refractivity contribution >= 4 is 10.0 Å². The molecule has 2 N–H and O–H groups in total. The van der Waals surface area contributed by atoms with Gasteiger partial charge in [0.1, 0.15) is 4.90 Å². The van der Waals surface area contributed by atoms with Gasteiger partial charge in [0.25, 0.3) is 0 Å². The summed E-state index contributed by atoms with van der Waals surface area (Å²) in [6, 6.07) is 0.716. The van der Waals surface area contributed by atoms with Gasteiger partial charge in [-0.1, -0.05) is 0 Å². The summed E-state index contributed by atoms with van der Waals surface area (Å²) < 4.78 is 26.9. The molecule has 0 saturated heterocycles. The first kappa shape index (κ1) is 12.5. The van der Waals surface area contributed by atoms with E-state index < -0.39 is 10.0 Å². The lowest BCUT2D eigenvalue weighted by molar-refractivity contribution is 0.541. The van der Waals surface area contributed by atoms with Gasteiger partial charge in [0.05, 0.1) is 6.20 Å². The van der Waals surface area contributed by atoms with Crippen LogP contribution in [-0.4, -0.2) is 37.8 Å². The fraction of sp³-hybridized carbons (Fsp3) is 0.700. The van der Waals surface area contributed by atoms with Crippen LogP contribution in [0.15, 0.2) is 17.3 Å². The minimum atomic E-state index is -3.36. The number of rotatable bonds is 7. The Morgan fingerprint density at radius 2 is 2.29 bits per heavy atom. The molecule has 0 aliphatic heterocycles. The van der Waals surface area contributed by atoms with E-state index in [0.717, 1.165) is 19.5 Å². The van der Waals surface area contributed by atoms with Crippen LogP contribution in [0.25, 0.3) is 0 Å². The Balaban J connectivity index is 1.81. The van der Waals surface area contributed by atoms with Gasteiger partial charge in [-0.2, -0.15) is 5.10 Å². The summed E-state index contributed by atoms with van der Waals surface area (Å²) in [6.45, 7) is 1.69. The van der Waals surface area contributed by atoms with Gasteiger partial charge in [-0.25, -0.2) is 13.1 Å². The van der Waals surface area contributed by atoms with Crippen LogP contribution in [0.4, 0.5) is 0 Å². The minimum Gasteiger partial charge on any atom is -0.314 e. The number of sulfonamides is 1. The molecule has 0 spiro atoms. The molecule has 1 aliphatic rings. The lowest BCUT2D eigenvalue weighted by Crippen LogP contribution is -2.19. The number of nitrogens with one attached hydrogen (secondary N) is 2. The Kier molecular flexibility index (Phi) is 3.80. The number of aromatic nitrogens is 2. The SMILES string of the molecule is CNS(=O)(=O)c1cnn(CCCNC2CC2)c1. The second kappa shape index (κ2) is 5.16. The van der Waals surface area contributed by atoms with Crippen LogP contribution in [0.1, 0.15) is 19.3 Å². The van der Waals surface area contributed by atoms with Crippen LogP contribution in [0.5, 0.6) is 0 Å². The van der Waals surface area contributed by atoms with E-state index in [0.29, 0.717) is 6.04 Å². The van der Waals surface area contributed by atoms with Gasteiger partial charge in [-0.3, -0.25) is 4.68 Å². The highest BCUT2D eigenvalue weighted by Gasteiger charge is 2.19. The highest BCUT2D eigenvalue weighted by atomic mass is 32.2. The number of nitrogens with zero attached hydrogens (tertiary/aromatic N) is 2. The average molecular weight is 258 g/mol. The largest absolute Gasteiger partial charge is 0.314 e. The summed E-state index contributed by atoms with van der Waals surface area (Å²) in [7, 11) is -1.97. The molecule has 0 amide bonds. The summed E-state index contributed by atoms with van der Waals surface area (Å²) in [6.07, 6.45) is 6.46. The van der Waals surface area contributed by atoms with E-state index in [1.807, 2.05) is 0 Å². The molecule has 2 rings (SSSR count). The van der Waals surface area contributed by atoms with E-state index in [1.165, 1.54) is 26.1 Å².